The number of aromatic nitrogens is 3. The fourth-order valence-electron chi connectivity index (χ4n) is 3.69. The maximum Gasteiger partial charge on any atom is 0.154 e. The number of imidazole rings is 1. The maximum atomic E-state index is 9.95. The van der Waals surface area contributed by atoms with Crippen LogP contribution in [0, 0.1) is 0 Å². The number of benzene rings is 2. The minimum atomic E-state index is -0.226. The number of fused-ring (bicyclic) bond motifs is 2. The molecule has 3 heterocycles. The molecule has 1 aliphatic heterocycles. The molecule has 1 unspecified atom stereocenters. The quantitative estimate of drug-likeness (QED) is 0.553. The number of hydrogen-bond acceptors (Lipinski definition) is 5. The first kappa shape index (κ1) is 17.5. The van der Waals surface area contributed by atoms with Crippen LogP contribution in [0.2, 0.25) is 0 Å². The van der Waals surface area contributed by atoms with Gasteiger partial charge in [-0.25, -0.2) is 9.97 Å². The number of ether oxygens (including phenoxy) is 1. The predicted molar refractivity (Wildman–Crippen MR) is 114 cm³/mol. The molecule has 1 aliphatic rings. The third kappa shape index (κ3) is 2.94. The zero-order valence-corrected chi connectivity index (χ0v) is 15.7. The molecule has 0 radical (unpaired) electrons. The molecular weight excluding hydrogens is 364 g/mol. The van der Waals surface area contributed by atoms with Crippen LogP contribution in [0.1, 0.15) is 5.56 Å². The van der Waals surface area contributed by atoms with Crippen molar-refractivity contribution in [1.29, 1.82) is 0 Å². The number of H-pyrrole nitrogens is 1. The second-order valence-electron chi connectivity index (χ2n) is 6.93. The Hall–Kier alpha value is -3.64. The number of rotatable bonds is 4. The highest BCUT2D eigenvalue weighted by Crippen LogP contribution is 2.44. The van der Waals surface area contributed by atoms with Gasteiger partial charge in [0, 0.05) is 6.20 Å². The Kier molecular flexibility index (Phi) is 4.26. The van der Waals surface area contributed by atoms with Crippen LogP contribution in [0.5, 0.6) is 5.75 Å². The first-order valence-electron chi connectivity index (χ1n) is 9.48. The van der Waals surface area contributed by atoms with E-state index in [-0.39, 0.29) is 12.6 Å². The third-order valence-corrected chi connectivity index (χ3v) is 5.15. The lowest BCUT2D eigenvalue weighted by molar-refractivity contribution is 0.195. The molecule has 5 rings (SSSR count). The molecule has 6 nitrogen and oxygen atoms in total. The topological polar surface area (TPSA) is 74.3 Å². The van der Waals surface area contributed by atoms with Crippen molar-refractivity contribution in [3.05, 3.63) is 72.9 Å². The Bertz CT molecular complexity index is 1150. The monoisotopic (exact) mass is 384 g/mol. The fraction of sp³-hybridized carbons (Fsp3) is 0.130. The van der Waals surface area contributed by atoms with E-state index in [1.165, 1.54) is 0 Å². The number of aliphatic hydroxyl groups excluding tert-OH is 1. The van der Waals surface area contributed by atoms with Crippen LogP contribution in [0.15, 0.2) is 67.4 Å². The lowest BCUT2D eigenvalue weighted by Crippen LogP contribution is -2.43. The molecule has 29 heavy (non-hydrogen) atoms. The minimum Gasteiger partial charge on any atom is -0.488 e. The van der Waals surface area contributed by atoms with Crippen molar-refractivity contribution in [3.8, 4) is 17.1 Å². The number of para-hydroxylation sites is 3. The van der Waals surface area contributed by atoms with Crippen molar-refractivity contribution < 1.29 is 9.84 Å². The van der Waals surface area contributed by atoms with E-state index in [1.54, 1.807) is 12.3 Å². The van der Waals surface area contributed by atoms with Crippen molar-refractivity contribution in [2.24, 2.45) is 0 Å². The molecule has 0 aliphatic carbocycles. The standard InChI is InChI=1S/C23H20N4O2/c1-2-15-10-11-21(24-12-15)27-16(13-28)14-29-22-17(6-5-9-20(22)27)23-25-18-7-3-4-8-19(18)26-23/h2-12,16,28H,1,13-14H2,(H,25,26). The zero-order chi connectivity index (χ0) is 19.8. The molecule has 1 atom stereocenters. The summed E-state index contributed by atoms with van der Waals surface area (Å²) in [7, 11) is 0. The van der Waals surface area contributed by atoms with Gasteiger partial charge in [0.05, 0.1) is 34.9 Å². The van der Waals surface area contributed by atoms with Crippen LogP contribution in [-0.4, -0.2) is 39.3 Å². The number of aliphatic hydroxyl groups is 1. The van der Waals surface area contributed by atoms with Gasteiger partial charge in [-0.15, -0.1) is 0 Å². The van der Waals surface area contributed by atoms with E-state index in [1.807, 2.05) is 59.5 Å². The summed E-state index contributed by atoms with van der Waals surface area (Å²) in [5.41, 5.74) is 4.55. The summed E-state index contributed by atoms with van der Waals surface area (Å²) in [5.74, 6) is 2.23. The van der Waals surface area contributed by atoms with E-state index in [0.29, 0.717) is 6.61 Å². The molecule has 0 bridgehead atoms. The van der Waals surface area contributed by atoms with Crippen LogP contribution in [0.4, 0.5) is 11.5 Å². The second-order valence-corrected chi connectivity index (χ2v) is 6.93. The van der Waals surface area contributed by atoms with Crippen LogP contribution in [-0.2, 0) is 0 Å². The summed E-state index contributed by atoms with van der Waals surface area (Å²) in [6.45, 7) is 4.09. The number of pyridine rings is 1. The van der Waals surface area contributed by atoms with Crippen molar-refractivity contribution in [3.63, 3.8) is 0 Å². The molecule has 0 fully saturated rings. The van der Waals surface area contributed by atoms with E-state index >= 15 is 0 Å². The van der Waals surface area contributed by atoms with E-state index in [2.05, 4.69) is 16.5 Å². The van der Waals surface area contributed by atoms with Gasteiger partial charge in [0.25, 0.3) is 0 Å². The maximum absolute atomic E-state index is 9.95. The Morgan fingerprint density at radius 2 is 2.07 bits per heavy atom. The fourth-order valence-corrected chi connectivity index (χ4v) is 3.69. The minimum absolute atomic E-state index is 0.0425. The summed E-state index contributed by atoms with van der Waals surface area (Å²) >= 11 is 0. The molecule has 2 aromatic carbocycles. The summed E-state index contributed by atoms with van der Waals surface area (Å²) in [4.78, 5) is 14.7. The summed E-state index contributed by atoms with van der Waals surface area (Å²) in [6, 6.07) is 17.5. The van der Waals surface area contributed by atoms with Gasteiger partial charge in [-0.3, -0.25) is 0 Å². The van der Waals surface area contributed by atoms with Crippen LogP contribution in [0.3, 0.4) is 0 Å². The number of aromatic amines is 1. The van der Waals surface area contributed by atoms with Crippen LogP contribution < -0.4 is 9.64 Å². The van der Waals surface area contributed by atoms with Crippen molar-refractivity contribution in [1.82, 2.24) is 15.0 Å². The first-order chi connectivity index (χ1) is 14.3. The smallest absolute Gasteiger partial charge is 0.154 e. The number of nitrogens with zero attached hydrogens (tertiary/aromatic N) is 3. The lowest BCUT2D eigenvalue weighted by Gasteiger charge is -2.37. The highest BCUT2D eigenvalue weighted by molar-refractivity contribution is 5.84. The van der Waals surface area contributed by atoms with Crippen molar-refractivity contribution in [2.75, 3.05) is 18.1 Å². The van der Waals surface area contributed by atoms with Gasteiger partial charge in [0.15, 0.2) is 5.75 Å². The Balaban J connectivity index is 1.64. The second kappa shape index (κ2) is 7.07. The van der Waals surface area contributed by atoms with Crippen molar-refractivity contribution >= 4 is 28.6 Å². The van der Waals surface area contributed by atoms with Gasteiger partial charge in [0.2, 0.25) is 0 Å². The van der Waals surface area contributed by atoms with Gasteiger partial charge in [-0.05, 0) is 42.0 Å². The summed E-state index contributed by atoms with van der Waals surface area (Å²) in [5, 5.41) is 9.95. The molecule has 6 heteroatoms. The number of nitrogens with one attached hydrogen (secondary N) is 1. The molecule has 2 N–H and O–H groups in total. The highest BCUT2D eigenvalue weighted by Gasteiger charge is 2.31. The van der Waals surface area contributed by atoms with Crippen LogP contribution in [0.25, 0.3) is 28.5 Å². The number of hydrogen-bond donors (Lipinski definition) is 2. The SMILES string of the molecule is C=Cc1ccc(N2c3cccc(-c4nc5ccccc5[nH]4)c3OCC2CO)nc1. The van der Waals surface area contributed by atoms with Gasteiger partial charge >= 0.3 is 0 Å². The molecule has 0 amide bonds. The van der Waals surface area contributed by atoms with Crippen molar-refractivity contribution in [2.45, 2.75) is 6.04 Å². The molecular formula is C23H20N4O2. The van der Waals surface area contributed by atoms with Gasteiger partial charge in [0.1, 0.15) is 18.2 Å². The normalized spacial score (nSPS) is 15.8. The summed E-state index contributed by atoms with van der Waals surface area (Å²) < 4.78 is 6.10. The molecule has 4 aromatic rings. The highest BCUT2D eigenvalue weighted by atomic mass is 16.5. The Morgan fingerprint density at radius 1 is 1.17 bits per heavy atom. The zero-order valence-electron chi connectivity index (χ0n) is 15.7. The number of anilines is 2. The molecule has 0 saturated heterocycles. The van der Waals surface area contributed by atoms with Gasteiger partial charge in [-0.1, -0.05) is 30.9 Å². The molecule has 0 spiro atoms. The first-order valence-corrected chi connectivity index (χ1v) is 9.48. The molecule has 0 saturated carbocycles. The molecule has 2 aromatic heterocycles. The Morgan fingerprint density at radius 3 is 2.83 bits per heavy atom. The molecule has 144 valence electrons. The van der Waals surface area contributed by atoms with E-state index in [9.17, 15) is 5.11 Å². The largest absolute Gasteiger partial charge is 0.488 e. The third-order valence-electron chi connectivity index (χ3n) is 5.15. The van der Waals surface area contributed by atoms with Gasteiger partial charge < -0.3 is 19.7 Å². The lowest BCUT2D eigenvalue weighted by atomic mass is 10.1. The summed E-state index contributed by atoms with van der Waals surface area (Å²) in [6.07, 6.45) is 3.53. The van der Waals surface area contributed by atoms with E-state index < -0.39 is 0 Å². The van der Waals surface area contributed by atoms with Gasteiger partial charge in [-0.2, -0.15) is 0 Å². The predicted octanol–water partition coefficient (Wildman–Crippen LogP) is 4.16. The Labute approximate surface area is 168 Å². The average molecular weight is 384 g/mol. The van der Waals surface area contributed by atoms with E-state index in [4.69, 9.17) is 9.72 Å². The van der Waals surface area contributed by atoms with Crippen LogP contribution >= 0.6 is 0 Å². The average Bonchev–Trinajstić information content (AvgIpc) is 3.22. The van der Waals surface area contributed by atoms with E-state index in [0.717, 1.165) is 45.2 Å².